The van der Waals surface area contributed by atoms with E-state index in [2.05, 4.69) is 47.9 Å². The Kier molecular flexibility index (Phi) is 8.14. The van der Waals surface area contributed by atoms with Crippen LogP contribution in [0.25, 0.3) is 0 Å². The molecule has 3 aromatic rings. The zero-order valence-corrected chi connectivity index (χ0v) is 21.1. The second kappa shape index (κ2) is 11.3. The minimum atomic E-state index is 0.0120. The highest BCUT2D eigenvalue weighted by atomic mass is 35.5. The Hall–Kier alpha value is -2.54. The van der Waals surface area contributed by atoms with Crippen molar-refractivity contribution in [1.82, 2.24) is 24.3 Å². The molecule has 34 heavy (non-hydrogen) atoms. The molecule has 1 atom stereocenters. The number of fused-ring (bicyclic) bond motifs is 1. The summed E-state index contributed by atoms with van der Waals surface area (Å²) in [4.78, 5) is 27.7. The highest BCUT2D eigenvalue weighted by molar-refractivity contribution is 6.29. The van der Waals surface area contributed by atoms with Crippen LogP contribution in [-0.4, -0.2) is 51.5 Å². The lowest BCUT2D eigenvalue weighted by Gasteiger charge is -2.33. The van der Waals surface area contributed by atoms with Crippen molar-refractivity contribution in [3.8, 4) is 0 Å². The lowest BCUT2D eigenvalue weighted by Crippen LogP contribution is -2.39. The lowest BCUT2D eigenvalue weighted by atomic mass is 10.1. The smallest absolute Gasteiger partial charge is 0.257 e. The van der Waals surface area contributed by atoms with Crippen LogP contribution in [-0.2, 0) is 25.9 Å². The van der Waals surface area contributed by atoms with E-state index in [-0.39, 0.29) is 11.6 Å². The van der Waals surface area contributed by atoms with Crippen molar-refractivity contribution < 1.29 is 0 Å². The first-order valence-corrected chi connectivity index (χ1v) is 12.5. The van der Waals surface area contributed by atoms with Gasteiger partial charge < -0.3 is 4.90 Å². The molecule has 0 fully saturated rings. The van der Waals surface area contributed by atoms with Gasteiger partial charge in [-0.2, -0.15) is 0 Å². The molecule has 2 aromatic heterocycles. The topological polar surface area (TPSA) is 54.3 Å². The molecule has 0 amide bonds. The van der Waals surface area contributed by atoms with Crippen LogP contribution in [0.1, 0.15) is 54.0 Å². The molecule has 7 heteroatoms. The van der Waals surface area contributed by atoms with Gasteiger partial charge in [0.15, 0.2) is 0 Å². The average Bonchev–Trinajstić information content (AvgIpc) is 3.31. The van der Waals surface area contributed by atoms with Crippen molar-refractivity contribution >= 4 is 11.6 Å². The molecule has 1 aromatic carbocycles. The molecule has 1 aliphatic carbocycles. The Balaban J connectivity index is 1.76. The van der Waals surface area contributed by atoms with Crippen LogP contribution in [0.5, 0.6) is 0 Å². The second-order valence-corrected chi connectivity index (χ2v) is 9.70. The molecule has 6 nitrogen and oxygen atoms in total. The van der Waals surface area contributed by atoms with E-state index in [4.69, 9.17) is 16.6 Å². The molecule has 0 N–H and O–H groups in total. The quantitative estimate of drug-likeness (QED) is 0.405. The monoisotopic (exact) mass is 479 g/mol. The predicted molar refractivity (Wildman–Crippen MR) is 137 cm³/mol. The third-order valence-electron chi connectivity index (χ3n) is 6.54. The fourth-order valence-electron chi connectivity index (χ4n) is 4.73. The number of likely N-dealkylation sites (N-methyl/N-ethyl adjacent to an activating group) is 1. The standard InChI is InChI=1S/C27H34ClN5O/c1-4-24(32(16-15-31(2)3)18-21-13-14-25(28)29-17-21)26-30-23-12-8-11-22(23)27(34)33(26)19-20-9-6-5-7-10-20/h5-7,9-10,13-14,17,24H,4,8,11-12,15-16,18-19H2,1-3H3. The van der Waals surface area contributed by atoms with Crippen molar-refractivity contribution in [2.24, 2.45) is 0 Å². The first-order valence-electron chi connectivity index (χ1n) is 12.1. The van der Waals surface area contributed by atoms with Crippen LogP contribution >= 0.6 is 11.6 Å². The highest BCUT2D eigenvalue weighted by Gasteiger charge is 2.28. The molecule has 0 aliphatic heterocycles. The molecule has 0 bridgehead atoms. The zero-order valence-electron chi connectivity index (χ0n) is 20.4. The number of nitrogens with zero attached hydrogens (tertiary/aromatic N) is 5. The van der Waals surface area contributed by atoms with Gasteiger partial charge in [-0.1, -0.05) is 54.9 Å². The summed E-state index contributed by atoms with van der Waals surface area (Å²) in [6.45, 7) is 5.20. The van der Waals surface area contributed by atoms with Gasteiger partial charge in [-0.15, -0.1) is 0 Å². The van der Waals surface area contributed by atoms with Gasteiger partial charge in [-0.25, -0.2) is 9.97 Å². The Bertz CT molecular complexity index is 1140. The molecule has 180 valence electrons. The Morgan fingerprint density at radius 2 is 1.85 bits per heavy atom. The number of halogens is 1. The van der Waals surface area contributed by atoms with Gasteiger partial charge in [0.25, 0.3) is 5.56 Å². The zero-order chi connectivity index (χ0) is 24.1. The number of hydrogen-bond acceptors (Lipinski definition) is 5. The Morgan fingerprint density at radius 3 is 2.53 bits per heavy atom. The largest absolute Gasteiger partial charge is 0.308 e. The fraction of sp³-hybridized carbons (Fsp3) is 0.444. The first kappa shape index (κ1) is 24.6. The van der Waals surface area contributed by atoms with Crippen LogP contribution in [0.3, 0.4) is 0 Å². The van der Waals surface area contributed by atoms with Crippen molar-refractivity contribution in [3.63, 3.8) is 0 Å². The van der Waals surface area contributed by atoms with E-state index in [0.29, 0.717) is 11.7 Å². The van der Waals surface area contributed by atoms with Crippen LogP contribution in [0.2, 0.25) is 5.15 Å². The van der Waals surface area contributed by atoms with Crippen LogP contribution in [0.4, 0.5) is 0 Å². The first-order chi connectivity index (χ1) is 16.5. The predicted octanol–water partition coefficient (Wildman–Crippen LogP) is 4.34. The minimum Gasteiger partial charge on any atom is -0.308 e. The molecule has 0 saturated carbocycles. The molecule has 1 aliphatic rings. The number of rotatable bonds is 10. The summed E-state index contributed by atoms with van der Waals surface area (Å²) in [6, 6.07) is 14.1. The maximum absolute atomic E-state index is 13.7. The third kappa shape index (κ3) is 5.74. The molecule has 1 unspecified atom stereocenters. The van der Waals surface area contributed by atoms with Gasteiger partial charge in [-0.05, 0) is 57.0 Å². The van der Waals surface area contributed by atoms with Crippen LogP contribution < -0.4 is 5.56 Å². The van der Waals surface area contributed by atoms with Gasteiger partial charge in [0.05, 0.1) is 18.3 Å². The van der Waals surface area contributed by atoms with Crippen LogP contribution in [0.15, 0.2) is 53.5 Å². The molecule has 2 heterocycles. The number of aryl methyl sites for hydroxylation is 1. The van der Waals surface area contributed by atoms with E-state index in [0.717, 1.165) is 73.5 Å². The average molecular weight is 480 g/mol. The number of pyridine rings is 1. The second-order valence-electron chi connectivity index (χ2n) is 9.31. The number of aromatic nitrogens is 3. The number of benzene rings is 1. The summed E-state index contributed by atoms with van der Waals surface area (Å²) >= 11 is 6.03. The van der Waals surface area contributed by atoms with E-state index < -0.39 is 0 Å². The minimum absolute atomic E-state index is 0.0120. The SMILES string of the molecule is CCC(c1nc2c(c(=O)n1Cc1ccccc1)CCC2)N(CCN(C)C)Cc1ccc(Cl)nc1. The highest BCUT2D eigenvalue weighted by Crippen LogP contribution is 2.27. The summed E-state index contributed by atoms with van der Waals surface area (Å²) < 4.78 is 1.93. The van der Waals surface area contributed by atoms with Gasteiger partial charge in [0.2, 0.25) is 0 Å². The van der Waals surface area contributed by atoms with Gasteiger partial charge in [-0.3, -0.25) is 14.3 Å². The summed E-state index contributed by atoms with van der Waals surface area (Å²) in [5.74, 6) is 0.873. The number of hydrogen-bond donors (Lipinski definition) is 0. The van der Waals surface area contributed by atoms with Crippen molar-refractivity contribution in [2.45, 2.75) is 51.7 Å². The van der Waals surface area contributed by atoms with Gasteiger partial charge >= 0.3 is 0 Å². The molecule has 0 radical (unpaired) electrons. The Labute approximate surface area is 207 Å². The molecule has 4 rings (SSSR count). The van der Waals surface area contributed by atoms with Crippen molar-refractivity contribution in [2.75, 3.05) is 27.2 Å². The molecular formula is C27H34ClN5O. The molecular weight excluding hydrogens is 446 g/mol. The summed E-state index contributed by atoms with van der Waals surface area (Å²) in [5.41, 5.74) is 4.22. The van der Waals surface area contributed by atoms with E-state index in [1.165, 1.54) is 0 Å². The van der Waals surface area contributed by atoms with Crippen molar-refractivity contribution in [1.29, 1.82) is 0 Å². The summed E-state index contributed by atoms with van der Waals surface area (Å²) in [6.07, 6.45) is 5.41. The van der Waals surface area contributed by atoms with Gasteiger partial charge in [0.1, 0.15) is 11.0 Å². The van der Waals surface area contributed by atoms with E-state index in [1.807, 2.05) is 41.1 Å². The van der Waals surface area contributed by atoms with E-state index >= 15 is 0 Å². The maximum Gasteiger partial charge on any atom is 0.257 e. The summed E-state index contributed by atoms with van der Waals surface area (Å²) in [7, 11) is 4.17. The fourth-order valence-corrected chi connectivity index (χ4v) is 4.84. The van der Waals surface area contributed by atoms with E-state index in [1.54, 1.807) is 0 Å². The normalized spacial score (nSPS) is 14.1. The van der Waals surface area contributed by atoms with Gasteiger partial charge in [0, 0.05) is 31.4 Å². The Morgan fingerprint density at radius 1 is 1.06 bits per heavy atom. The maximum atomic E-state index is 13.7. The third-order valence-corrected chi connectivity index (χ3v) is 6.76. The van der Waals surface area contributed by atoms with Crippen LogP contribution in [0, 0.1) is 0 Å². The van der Waals surface area contributed by atoms with E-state index in [9.17, 15) is 4.79 Å². The molecule has 0 spiro atoms. The van der Waals surface area contributed by atoms with Crippen molar-refractivity contribution in [3.05, 3.63) is 92.4 Å². The lowest BCUT2D eigenvalue weighted by molar-refractivity contribution is 0.155. The summed E-state index contributed by atoms with van der Waals surface area (Å²) in [5, 5.41) is 0.493. The molecule has 0 saturated heterocycles.